The van der Waals surface area contributed by atoms with E-state index in [0.717, 1.165) is 11.3 Å². The summed E-state index contributed by atoms with van der Waals surface area (Å²) in [4.78, 5) is 25.6. The standard InChI is InChI=1S/C16H21ClN2O3/c1-3-22-16(21)19-9-7-12(8-10-19)15(20)18-14-6-4-5-13(17)11(14)2/h4-6,12H,3,7-10H2,1-2H3,(H,18,20). The Kier molecular flexibility index (Phi) is 5.66. The molecule has 1 fully saturated rings. The summed E-state index contributed by atoms with van der Waals surface area (Å²) in [5.74, 6) is -0.113. The lowest BCUT2D eigenvalue weighted by atomic mass is 9.96. The maximum absolute atomic E-state index is 12.3. The molecule has 5 nitrogen and oxygen atoms in total. The molecule has 22 heavy (non-hydrogen) atoms. The van der Waals surface area contributed by atoms with Crippen molar-refractivity contribution in [3.8, 4) is 0 Å². The molecule has 0 radical (unpaired) electrons. The molecule has 1 aliphatic rings. The number of hydrogen-bond acceptors (Lipinski definition) is 3. The van der Waals surface area contributed by atoms with Crippen LogP contribution in [0.15, 0.2) is 18.2 Å². The van der Waals surface area contributed by atoms with Crippen LogP contribution < -0.4 is 5.32 Å². The first-order chi connectivity index (χ1) is 10.5. The van der Waals surface area contributed by atoms with Gasteiger partial charge in [0.2, 0.25) is 5.91 Å². The average Bonchev–Trinajstić information content (AvgIpc) is 2.52. The normalized spacial score (nSPS) is 15.5. The molecule has 1 aromatic rings. The zero-order valence-electron chi connectivity index (χ0n) is 12.9. The number of benzene rings is 1. The zero-order valence-corrected chi connectivity index (χ0v) is 13.7. The smallest absolute Gasteiger partial charge is 0.409 e. The Balaban J connectivity index is 1.90. The molecule has 1 heterocycles. The van der Waals surface area contributed by atoms with E-state index in [2.05, 4.69) is 5.32 Å². The molecule has 0 unspecified atom stereocenters. The van der Waals surface area contributed by atoms with Gasteiger partial charge in [-0.25, -0.2) is 4.79 Å². The summed E-state index contributed by atoms with van der Waals surface area (Å²) in [5, 5.41) is 3.57. The molecular weight excluding hydrogens is 304 g/mol. The Morgan fingerprint density at radius 1 is 1.36 bits per heavy atom. The van der Waals surface area contributed by atoms with E-state index in [1.807, 2.05) is 19.1 Å². The predicted octanol–water partition coefficient (Wildman–Crippen LogP) is 3.46. The highest BCUT2D eigenvalue weighted by molar-refractivity contribution is 6.31. The minimum Gasteiger partial charge on any atom is -0.450 e. The summed E-state index contributed by atoms with van der Waals surface area (Å²) in [7, 11) is 0. The van der Waals surface area contributed by atoms with Gasteiger partial charge in [-0.15, -0.1) is 0 Å². The number of nitrogens with zero attached hydrogens (tertiary/aromatic N) is 1. The Morgan fingerprint density at radius 3 is 2.68 bits per heavy atom. The monoisotopic (exact) mass is 324 g/mol. The molecule has 0 saturated carbocycles. The predicted molar refractivity (Wildman–Crippen MR) is 86.1 cm³/mol. The second-order valence-electron chi connectivity index (χ2n) is 5.36. The van der Waals surface area contributed by atoms with E-state index in [-0.39, 0.29) is 17.9 Å². The number of nitrogens with one attached hydrogen (secondary N) is 1. The van der Waals surface area contributed by atoms with Crippen LogP contribution in [0.2, 0.25) is 5.02 Å². The Hall–Kier alpha value is -1.75. The number of hydrogen-bond donors (Lipinski definition) is 1. The van der Waals surface area contributed by atoms with Crippen LogP contribution in [-0.4, -0.2) is 36.6 Å². The molecule has 1 N–H and O–H groups in total. The van der Waals surface area contributed by atoms with E-state index >= 15 is 0 Å². The molecule has 0 spiro atoms. The van der Waals surface area contributed by atoms with Gasteiger partial charge in [0.05, 0.1) is 6.61 Å². The maximum atomic E-state index is 12.3. The van der Waals surface area contributed by atoms with Crippen molar-refractivity contribution >= 4 is 29.3 Å². The molecule has 2 amide bonds. The van der Waals surface area contributed by atoms with Gasteiger partial charge in [0.25, 0.3) is 0 Å². The van der Waals surface area contributed by atoms with Crippen LogP contribution >= 0.6 is 11.6 Å². The molecule has 0 atom stereocenters. The number of likely N-dealkylation sites (tertiary alicyclic amines) is 1. The van der Waals surface area contributed by atoms with E-state index in [1.54, 1.807) is 17.9 Å². The highest BCUT2D eigenvalue weighted by Gasteiger charge is 2.28. The first kappa shape index (κ1) is 16.6. The topological polar surface area (TPSA) is 58.6 Å². The Bertz CT molecular complexity index is 554. The molecule has 0 aromatic heterocycles. The summed E-state index contributed by atoms with van der Waals surface area (Å²) >= 11 is 6.06. The van der Waals surface area contributed by atoms with Crippen molar-refractivity contribution in [3.05, 3.63) is 28.8 Å². The van der Waals surface area contributed by atoms with Crippen molar-refractivity contribution in [2.75, 3.05) is 25.0 Å². The molecule has 0 bridgehead atoms. The van der Waals surface area contributed by atoms with E-state index in [4.69, 9.17) is 16.3 Å². The first-order valence-electron chi connectivity index (χ1n) is 7.50. The van der Waals surface area contributed by atoms with Gasteiger partial charge in [-0.2, -0.15) is 0 Å². The fourth-order valence-electron chi connectivity index (χ4n) is 2.52. The number of carbonyl (C=O) groups is 2. The second-order valence-corrected chi connectivity index (χ2v) is 5.77. The van der Waals surface area contributed by atoms with Crippen molar-refractivity contribution in [1.29, 1.82) is 0 Å². The van der Waals surface area contributed by atoms with Gasteiger partial charge in [0, 0.05) is 29.7 Å². The lowest BCUT2D eigenvalue weighted by Gasteiger charge is -2.30. The van der Waals surface area contributed by atoms with E-state index < -0.39 is 0 Å². The summed E-state index contributed by atoms with van der Waals surface area (Å²) in [6.45, 7) is 5.12. The van der Waals surface area contributed by atoms with E-state index in [1.165, 1.54) is 0 Å². The zero-order chi connectivity index (χ0) is 16.1. The summed E-state index contributed by atoms with van der Waals surface area (Å²) in [5.41, 5.74) is 1.60. The second kappa shape index (κ2) is 7.49. The van der Waals surface area contributed by atoms with Crippen LogP contribution in [-0.2, 0) is 9.53 Å². The summed E-state index contributed by atoms with van der Waals surface area (Å²) in [6, 6.07) is 5.45. The maximum Gasteiger partial charge on any atom is 0.409 e. The number of carbonyl (C=O) groups excluding carboxylic acids is 2. The third-order valence-electron chi connectivity index (χ3n) is 3.92. The van der Waals surface area contributed by atoms with Crippen LogP contribution in [0, 0.1) is 12.8 Å². The minimum absolute atomic E-state index is 0.0196. The number of anilines is 1. The molecule has 1 aliphatic heterocycles. The number of ether oxygens (including phenoxy) is 1. The third kappa shape index (κ3) is 3.91. The van der Waals surface area contributed by atoms with Gasteiger partial charge in [-0.1, -0.05) is 17.7 Å². The van der Waals surface area contributed by atoms with Crippen molar-refractivity contribution in [2.24, 2.45) is 5.92 Å². The van der Waals surface area contributed by atoms with Gasteiger partial charge in [0.1, 0.15) is 0 Å². The molecule has 6 heteroatoms. The van der Waals surface area contributed by atoms with Crippen LogP contribution in [0.25, 0.3) is 0 Å². The van der Waals surface area contributed by atoms with Crippen LogP contribution in [0.4, 0.5) is 10.5 Å². The number of rotatable bonds is 3. The molecular formula is C16H21ClN2O3. The fourth-order valence-corrected chi connectivity index (χ4v) is 2.69. The molecule has 0 aliphatic carbocycles. The quantitative estimate of drug-likeness (QED) is 0.926. The SMILES string of the molecule is CCOC(=O)N1CCC(C(=O)Nc2cccc(Cl)c2C)CC1. The van der Waals surface area contributed by atoms with Crippen LogP contribution in [0.3, 0.4) is 0 Å². The number of piperidine rings is 1. The molecule has 1 saturated heterocycles. The van der Waals surface area contributed by atoms with Crippen molar-refractivity contribution < 1.29 is 14.3 Å². The van der Waals surface area contributed by atoms with E-state index in [9.17, 15) is 9.59 Å². The molecule has 1 aromatic carbocycles. The van der Waals surface area contributed by atoms with Crippen molar-refractivity contribution in [2.45, 2.75) is 26.7 Å². The minimum atomic E-state index is -0.299. The van der Waals surface area contributed by atoms with Gasteiger partial charge >= 0.3 is 6.09 Å². The summed E-state index contributed by atoms with van der Waals surface area (Å²) in [6.07, 6.45) is 0.987. The summed E-state index contributed by atoms with van der Waals surface area (Å²) < 4.78 is 4.97. The van der Waals surface area contributed by atoms with Gasteiger partial charge < -0.3 is 15.0 Å². The van der Waals surface area contributed by atoms with E-state index in [0.29, 0.717) is 37.6 Å². The Morgan fingerprint density at radius 2 is 2.05 bits per heavy atom. The molecule has 2 rings (SSSR count). The fraction of sp³-hybridized carbons (Fsp3) is 0.500. The average molecular weight is 325 g/mol. The van der Waals surface area contributed by atoms with Crippen molar-refractivity contribution in [1.82, 2.24) is 4.90 Å². The highest BCUT2D eigenvalue weighted by atomic mass is 35.5. The van der Waals surface area contributed by atoms with Gasteiger partial charge in [-0.3, -0.25) is 4.79 Å². The highest BCUT2D eigenvalue weighted by Crippen LogP contribution is 2.25. The lowest BCUT2D eigenvalue weighted by Crippen LogP contribution is -2.41. The molecule has 120 valence electrons. The van der Waals surface area contributed by atoms with Crippen molar-refractivity contribution in [3.63, 3.8) is 0 Å². The van der Waals surface area contributed by atoms with Crippen LogP contribution in [0.1, 0.15) is 25.3 Å². The van der Waals surface area contributed by atoms with Gasteiger partial charge in [0.15, 0.2) is 0 Å². The largest absolute Gasteiger partial charge is 0.450 e. The van der Waals surface area contributed by atoms with Gasteiger partial charge in [-0.05, 0) is 44.4 Å². The first-order valence-corrected chi connectivity index (χ1v) is 7.88. The third-order valence-corrected chi connectivity index (χ3v) is 4.33. The Labute approximate surface area is 135 Å². The number of halogens is 1. The lowest BCUT2D eigenvalue weighted by molar-refractivity contribution is -0.121. The number of amides is 2. The van der Waals surface area contributed by atoms with Crippen LogP contribution in [0.5, 0.6) is 0 Å².